The molecule has 0 spiro atoms. The van der Waals surface area contributed by atoms with Crippen molar-refractivity contribution in [2.75, 3.05) is 5.73 Å². The van der Waals surface area contributed by atoms with E-state index in [0.29, 0.717) is 5.69 Å². The third kappa shape index (κ3) is 3.06. The van der Waals surface area contributed by atoms with Gasteiger partial charge in [0.25, 0.3) is 0 Å². The summed E-state index contributed by atoms with van der Waals surface area (Å²) in [6, 6.07) is 5.83. The topological polar surface area (TPSA) is 35.2 Å². The Morgan fingerprint density at radius 1 is 1.54 bits per heavy atom. The van der Waals surface area contributed by atoms with Crippen molar-refractivity contribution in [2.45, 2.75) is 26.4 Å². The molecule has 2 N–H and O–H groups in total. The molecule has 0 bridgehead atoms. The van der Waals surface area contributed by atoms with Gasteiger partial charge >= 0.3 is 0 Å². The SMILES string of the molecule is CCC(C)Oc1ccc(I)cc1N. The van der Waals surface area contributed by atoms with Gasteiger partial charge in [-0.25, -0.2) is 0 Å². The fraction of sp³-hybridized carbons (Fsp3) is 0.400. The van der Waals surface area contributed by atoms with Crippen LogP contribution in [0.3, 0.4) is 0 Å². The first-order valence-electron chi connectivity index (χ1n) is 4.35. The number of hydrogen-bond acceptors (Lipinski definition) is 2. The number of rotatable bonds is 3. The predicted octanol–water partition coefficient (Wildman–Crippen LogP) is 3.05. The highest BCUT2D eigenvalue weighted by Gasteiger charge is 2.04. The highest BCUT2D eigenvalue weighted by Crippen LogP contribution is 2.24. The first-order chi connectivity index (χ1) is 6.13. The zero-order valence-corrected chi connectivity index (χ0v) is 10.0. The molecule has 0 radical (unpaired) electrons. The molecule has 2 nitrogen and oxygen atoms in total. The molecule has 0 aromatic heterocycles. The smallest absolute Gasteiger partial charge is 0.142 e. The molecule has 0 saturated heterocycles. The number of hydrogen-bond donors (Lipinski definition) is 1. The second-order valence-electron chi connectivity index (χ2n) is 3.02. The molecule has 1 aromatic rings. The Morgan fingerprint density at radius 2 is 2.23 bits per heavy atom. The minimum absolute atomic E-state index is 0.224. The number of anilines is 1. The van der Waals surface area contributed by atoms with Crippen LogP contribution in [0.25, 0.3) is 0 Å². The van der Waals surface area contributed by atoms with Crippen molar-refractivity contribution in [3.63, 3.8) is 0 Å². The summed E-state index contributed by atoms with van der Waals surface area (Å²) in [7, 11) is 0. The maximum Gasteiger partial charge on any atom is 0.142 e. The van der Waals surface area contributed by atoms with Crippen LogP contribution in [-0.2, 0) is 0 Å². The van der Waals surface area contributed by atoms with Crippen molar-refractivity contribution in [1.82, 2.24) is 0 Å². The van der Waals surface area contributed by atoms with Crippen molar-refractivity contribution in [2.24, 2.45) is 0 Å². The molecule has 3 heteroatoms. The van der Waals surface area contributed by atoms with Crippen molar-refractivity contribution in [1.29, 1.82) is 0 Å². The second-order valence-corrected chi connectivity index (χ2v) is 4.26. The Bertz CT molecular complexity index is 288. The van der Waals surface area contributed by atoms with Gasteiger partial charge in [-0.3, -0.25) is 0 Å². The van der Waals surface area contributed by atoms with Gasteiger partial charge in [0.15, 0.2) is 0 Å². The van der Waals surface area contributed by atoms with Crippen LogP contribution in [0.4, 0.5) is 5.69 Å². The van der Waals surface area contributed by atoms with Gasteiger partial charge in [0.05, 0.1) is 11.8 Å². The quantitative estimate of drug-likeness (QED) is 0.686. The number of nitrogens with two attached hydrogens (primary N) is 1. The van der Waals surface area contributed by atoms with E-state index in [2.05, 4.69) is 29.5 Å². The van der Waals surface area contributed by atoms with E-state index >= 15 is 0 Å². The summed E-state index contributed by atoms with van der Waals surface area (Å²) >= 11 is 2.23. The number of nitrogen functional groups attached to an aromatic ring is 1. The van der Waals surface area contributed by atoms with Crippen LogP contribution in [0, 0.1) is 3.57 Å². The lowest BCUT2D eigenvalue weighted by Crippen LogP contribution is -2.10. The van der Waals surface area contributed by atoms with Crippen molar-refractivity contribution in [3.05, 3.63) is 21.8 Å². The monoisotopic (exact) mass is 291 g/mol. The van der Waals surface area contributed by atoms with Crippen LogP contribution in [0.2, 0.25) is 0 Å². The Hall–Kier alpha value is -0.450. The molecule has 0 heterocycles. The number of ether oxygens (including phenoxy) is 1. The van der Waals surface area contributed by atoms with Gasteiger partial charge in [0.2, 0.25) is 0 Å². The van der Waals surface area contributed by atoms with Crippen LogP contribution in [0.1, 0.15) is 20.3 Å². The normalized spacial score (nSPS) is 12.5. The molecule has 0 saturated carbocycles. The van der Waals surface area contributed by atoms with E-state index < -0.39 is 0 Å². The van der Waals surface area contributed by atoms with Crippen LogP contribution in [-0.4, -0.2) is 6.10 Å². The summed E-state index contributed by atoms with van der Waals surface area (Å²) in [5.41, 5.74) is 6.51. The first-order valence-corrected chi connectivity index (χ1v) is 5.43. The molecule has 13 heavy (non-hydrogen) atoms. The lowest BCUT2D eigenvalue weighted by molar-refractivity contribution is 0.218. The maximum atomic E-state index is 5.79. The maximum absolute atomic E-state index is 5.79. The second kappa shape index (κ2) is 4.69. The van der Waals surface area contributed by atoms with Crippen molar-refractivity contribution < 1.29 is 4.74 Å². The fourth-order valence-corrected chi connectivity index (χ4v) is 1.44. The summed E-state index contributed by atoms with van der Waals surface area (Å²) in [5.74, 6) is 0.787. The molecule has 1 rings (SSSR count). The molecule has 0 aliphatic carbocycles. The van der Waals surface area contributed by atoms with E-state index in [4.69, 9.17) is 10.5 Å². The van der Waals surface area contributed by atoms with Gasteiger partial charge in [-0.05, 0) is 54.1 Å². The van der Waals surface area contributed by atoms with E-state index in [1.165, 1.54) is 0 Å². The van der Waals surface area contributed by atoms with Crippen LogP contribution in [0.5, 0.6) is 5.75 Å². The van der Waals surface area contributed by atoms with Gasteiger partial charge in [0, 0.05) is 3.57 Å². The molecule has 0 amide bonds. The van der Waals surface area contributed by atoms with E-state index in [0.717, 1.165) is 15.7 Å². The predicted molar refractivity (Wildman–Crippen MR) is 64.0 cm³/mol. The van der Waals surface area contributed by atoms with Gasteiger partial charge in [-0.2, -0.15) is 0 Å². The molecular formula is C10H14INO. The van der Waals surface area contributed by atoms with Crippen molar-refractivity contribution in [3.8, 4) is 5.75 Å². The minimum Gasteiger partial charge on any atom is -0.489 e. The van der Waals surface area contributed by atoms with E-state index in [9.17, 15) is 0 Å². The van der Waals surface area contributed by atoms with Gasteiger partial charge < -0.3 is 10.5 Å². The molecule has 0 fully saturated rings. The number of benzene rings is 1. The van der Waals surface area contributed by atoms with Crippen molar-refractivity contribution >= 4 is 28.3 Å². The van der Waals surface area contributed by atoms with E-state index in [-0.39, 0.29) is 6.10 Å². The van der Waals surface area contributed by atoms with E-state index in [1.54, 1.807) is 0 Å². The minimum atomic E-state index is 0.224. The zero-order chi connectivity index (χ0) is 9.84. The standard InChI is InChI=1S/C10H14INO/c1-3-7(2)13-10-5-4-8(11)6-9(10)12/h4-7H,3,12H2,1-2H3. The molecule has 1 aromatic carbocycles. The Labute approximate surface area is 92.6 Å². The largest absolute Gasteiger partial charge is 0.489 e. The lowest BCUT2D eigenvalue weighted by Gasteiger charge is -2.14. The summed E-state index contributed by atoms with van der Waals surface area (Å²) in [6.07, 6.45) is 1.22. The van der Waals surface area contributed by atoms with Gasteiger partial charge in [-0.15, -0.1) is 0 Å². The van der Waals surface area contributed by atoms with Gasteiger partial charge in [-0.1, -0.05) is 6.92 Å². The highest BCUT2D eigenvalue weighted by molar-refractivity contribution is 14.1. The molecule has 0 aliphatic rings. The Morgan fingerprint density at radius 3 is 2.77 bits per heavy atom. The average molecular weight is 291 g/mol. The number of halogens is 1. The van der Waals surface area contributed by atoms with E-state index in [1.807, 2.05) is 25.1 Å². The highest BCUT2D eigenvalue weighted by atomic mass is 127. The summed E-state index contributed by atoms with van der Waals surface area (Å²) in [6.45, 7) is 4.13. The van der Waals surface area contributed by atoms with Crippen LogP contribution in [0.15, 0.2) is 18.2 Å². The van der Waals surface area contributed by atoms with Crippen LogP contribution >= 0.6 is 22.6 Å². The Balaban J connectivity index is 2.77. The molecule has 0 aliphatic heterocycles. The summed E-state index contributed by atoms with van der Waals surface area (Å²) in [5, 5.41) is 0. The third-order valence-electron chi connectivity index (χ3n) is 1.87. The summed E-state index contributed by atoms with van der Waals surface area (Å²) in [4.78, 5) is 0. The lowest BCUT2D eigenvalue weighted by atomic mass is 10.3. The molecule has 1 atom stereocenters. The Kier molecular flexibility index (Phi) is 3.84. The van der Waals surface area contributed by atoms with Crippen LogP contribution < -0.4 is 10.5 Å². The third-order valence-corrected chi connectivity index (χ3v) is 2.55. The fourth-order valence-electron chi connectivity index (χ4n) is 0.927. The summed E-state index contributed by atoms with van der Waals surface area (Å²) < 4.78 is 6.75. The first kappa shape index (κ1) is 10.6. The zero-order valence-electron chi connectivity index (χ0n) is 7.88. The van der Waals surface area contributed by atoms with Gasteiger partial charge in [0.1, 0.15) is 5.75 Å². The molecule has 1 unspecified atom stereocenters. The average Bonchev–Trinajstić information content (AvgIpc) is 2.09. The molecule has 72 valence electrons. The molecular weight excluding hydrogens is 277 g/mol.